The highest BCUT2D eigenvalue weighted by Crippen LogP contribution is 2.52. The molecule has 0 spiro atoms. The van der Waals surface area contributed by atoms with Crippen LogP contribution in [0.1, 0.15) is 37.4 Å². The number of imidazole rings is 1. The molecule has 2 N–H and O–H groups in total. The highest BCUT2D eigenvalue weighted by molar-refractivity contribution is 9.10. The van der Waals surface area contributed by atoms with Crippen molar-refractivity contribution in [3.05, 3.63) is 10.6 Å². The van der Waals surface area contributed by atoms with Crippen molar-refractivity contribution in [1.82, 2.24) is 19.5 Å². The summed E-state index contributed by atoms with van der Waals surface area (Å²) in [5.41, 5.74) is 7.58. The van der Waals surface area contributed by atoms with Crippen LogP contribution in [0.25, 0.3) is 11.2 Å². The van der Waals surface area contributed by atoms with Gasteiger partial charge in [-0.25, -0.2) is 15.0 Å². The Labute approximate surface area is 119 Å². The van der Waals surface area contributed by atoms with E-state index in [0.29, 0.717) is 17.3 Å². The Hall–Kier alpha value is -1.17. The smallest absolute Gasteiger partial charge is 0.179 e. The maximum Gasteiger partial charge on any atom is 0.179 e. The van der Waals surface area contributed by atoms with Crippen LogP contribution in [0.15, 0.2) is 4.73 Å². The lowest BCUT2D eigenvalue weighted by Crippen LogP contribution is -2.13. The van der Waals surface area contributed by atoms with Crippen LogP contribution in [0.4, 0.5) is 5.82 Å². The van der Waals surface area contributed by atoms with Crippen LogP contribution in [0, 0.1) is 11.8 Å². The van der Waals surface area contributed by atoms with Crippen molar-refractivity contribution in [2.24, 2.45) is 18.9 Å². The Balaban J connectivity index is 1.85. The van der Waals surface area contributed by atoms with E-state index in [1.807, 2.05) is 11.6 Å². The number of nitrogens with zero attached hydrogens (tertiary/aromatic N) is 4. The van der Waals surface area contributed by atoms with Gasteiger partial charge in [0, 0.05) is 13.0 Å². The molecule has 2 aliphatic rings. The molecular weight excluding hydrogens is 306 g/mol. The van der Waals surface area contributed by atoms with Gasteiger partial charge in [0.1, 0.15) is 5.82 Å². The van der Waals surface area contributed by atoms with E-state index in [9.17, 15) is 0 Å². The Morgan fingerprint density at radius 2 is 2.05 bits per heavy atom. The van der Waals surface area contributed by atoms with Gasteiger partial charge in [-0.15, -0.1) is 0 Å². The minimum atomic E-state index is 0.499. The first-order valence-electron chi connectivity index (χ1n) is 6.79. The lowest BCUT2D eigenvalue weighted by atomic mass is 9.88. The molecule has 19 heavy (non-hydrogen) atoms. The number of nitrogens with two attached hydrogens (primary N) is 1. The number of hydrogen-bond donors (Lipinski definition) is 1. The summed E-state index contributed by atoms with van der Waals surface area (Å²) < 4.78 is 2.66. The van der Waals surface area contributed by atoms with Crippen LogP contribution < -0.4 is 5.73 Å². The lowest BCUT2D eigenvalue weighted by Gasteiger charge is -2.20. The summed E-state index contributed by atoms with van der Waals surface area (Å²) in [5.74, 6) is 3.57. The second-order valence-electron chi connectivity index (χ2n) is 5.86. The molecule has 4 rings (SSSR count). The van der Waals surface area contributed by atoms with Gasteiger partial charge in [-0.3, -0.25) is 0 Å². The number of rotatable bonds is 1. The average molecular weight is 322 g/mol. The molecule has 100 valence electrons. The SMILES string of the molecule is Cn1c(Br)nc2c(N)nc([C@@H]3C[C@@H]4CC[C@H]3C4)nc21. The van der Waals surface area contributed by atoms with E-state index in [2.05, 4.69) is 25.9 Å². The monoisotopic (exact) mass is 321 g/mol. The predicted octanol–water partition coefficient (Wildman–Crippen LogP) is 2.61. The maximum atomic E-state index is 6.06. The van der Waals surface area contributed by atoms with E-state index < -0.39 is 0 Å². The first-order valence-corrected chi connectivity index (χ1v) is 7.58. The number of nitrogen functional groups attached to an aromatic ring is 1. The third-order valence-corrected chi connectivity index (χ3v) is 5.49. The molecule has 2 saturated carbocycles. The fourth-order valence-corrected chi connectivity index (χ4v) is 4.15. The molecule has 2 fully saturated rings. The number of hydrogen-bond acceptors (Lipinski definition) is 4. The molecule has 6 heteroatoms. The summed E-state index contributed by atoms with van der Waals surface area (Å²) in [5, 5.41) is 0. The van der Waals surface area contributed by atoms with Gasteiger partial charge in [-0.2, -0.15) is 0 Å². The van der Waals surface area contributed by atoms with Crippen molar-refractivity contribution in [3.63, 3.8) is 0 Å². The van der Waals surface area contributed by atoms with Gasteiger partial charge in [-0.05, 0) is 47.0 Å². The summed E-state index contributed by atoms with van der Waals surface area (Å²) in [6.07, 6.45) is 5.29. The number of fused-ring (bicyclic) bond motifs is 3. The van der Waals surface area contributed by atoms with Gasteiger partial charge in [0.2, 0.25) is 0 Å². The van der Waals surface area contributed by atoms with E-state index in [4.69, 9.17) is 10.7 Å². The highest BCUT2D eigenvalue weighted by atomic mass is 79.9. The average Bonchev–Trinajstić information content (AvgIpc) is 3.07. The number of halogens is 1. The zero-order valence-electron chi connectivity index (χ0n) is 10.8. The molecule has 0 aromatic carbocycles. The van der Waals surface area contributed by atoms with Crippen molar-refractivity contribution >= 4 is 32.9 Å². The molecule has 0 aliphatic heterocycles. The predicted molar refractivity (Wildman–Crippen MR) is 76.6 cm³/mol. The second kappa shape index (κ2) is 3.91. The van der Waals surface area contributed by atoms with E-state index in [1.54, 1.807) is 0 Å². The Morgan fingerprint density at radius 3 is 2.74 bits per heavy atom. The zero-order chi connectivity index (χ0) is 13.1. The van der Waals surface area contributed by atoms with Gasteiger partial charge in [0.15, 0.2) is 21.7 Å². The van der Waals surface area contributed by atoms with Gasteiger partial charge in [0.05, 0.1) is 0 Å². The molecule has 2 aliphatic carbocycles. The molecule has 0 radical (unpaired) electrons. The van der Waals surface area contributed by atoms with Gasteiger partial charge < -0.3 is 10.3 Å². The highest BCUT2D eigenvalue weighted by Gasteiger charge is 2.41. The normalized spacial score (nSPS) is 29.5. The van der Waals surface area contributed by atoms with Crippen molar-refractivity contribution < 1.29 is 0 Å². The molecule has 0 saturated heterocycles. The molecule has 0 amide bonds. The third-order valence-electron chi connectivity index (χ3n) is 4.78. The molecule has 2 heterocycles. The van der Waals surface area contributed by atoms with Crippen molar-refractivity contribution in [2.45, 2.75) is 31.6 Å². The first-order chi connectivity index (χ1) is 9.13. The van der Waals surface area contributed by atoms with E-state index >= 15 is 0 Å². The van der Waals surface area contributed by atoms with Crippen molar-refractivity contribution in [3.8, 4) is 0 Å². The van der Waals surface area contributed by atoms with Gasteiger partial charge >= 0.3 is 0 Å². The first kappa shape index (κ1) is 11.6. The largest absolute Gasteiger partial charge is 0.382 e. The van der Waals surface area contributed by atoms with Crippen molar-refractivity contribution in [2.75, 3.05) is 5.73 Å². The fraction of sp³-hybridized carbons (Fsp3) is 0.615. The standard InChI is InChI=1S/C13H16BrN5/c1-19-12-9(16-13(19)14)10(15)17-11(18-12)8-5-6-2-3-7(8)4-6/h6-8H,2-5H2,1H3,(H2,15,17,18)/t6-,7+,8-/m1/s1. The number of aryl methyl sites for hydroxylation is 1. The topological polar surface area (TPSA) is 69.6 Å². The summed E-state index contributed by atoms with van der Waals surface area (Å²) >= 11 is 3.41. The number of anilines is 1. The Bertz CT molecular complexity index is 665. The molecule has 2 bridgehead atoms. The lowest BCUT2D eigenvalue weighted by molar-refractivity contribution is 0.406. The summed E-state index contributed by atoms with van der Waals surface area (Å²) in [6, 6.07) is 0. The maximum absolute atomic E-state index is 6.06. The van der Waals surface area contributed by atoms with Crippen LogP contribution in [0.3, 0.4) is 0 Å². The van der Waals surface area contributed by atoms with E-state index in [-0.39, 0.29) is 0 Å². The molecule has 2 aromatic rings. The molecular formula is C13H16BrN5. The minimum absolute atomic E-state index is 0.499. The van der Waals surface area contributed by atoms with Crippen LogP contribution in [0.5, 0.6) is 0 Å². The van der Waals surface area contributed by atoms with Gasteiger partial charge in [0.25, 0.3) is 0 Å². The second-order valence-corrected chi connectivity index (χ2v) is 6.57. The molecule has 3 atom stereocenters. The zero-order valence-corrected chi connectivity index (χ0v) is 12.4. The van der Waals surface area contributed by atoms with Crippen LogP contribution in [-0.2, 0) is 7.05 Å². The number of aromatic nitrogens is 4. The van der Waals surface area contributed by atoms with Crippen LogP contribution in [-0.4, -0.2) is 19.5 Å². The molecule has 2 aromatic heterocycles. The third kappa shape index (κ3) is 1.62. The minimum Gasteiger partial charge on any atom is -0.382 e. The van der Waals surface area contributed by atoms with Crippen molar-refractivity contribution in [1.29, 1.82) is 0 Å². The molecule has 5 nitrogen and oxygen atoms in total. The Morgan fingerprint density at radius 1 is 1.21 bits per heavy atom. The quantitative estimate of drug-likeness (QED) is 0.820. The Kier molecular flexibility index (Phi) is 2.40. The summed E-state index contributed by atoms with van der Waals surface area (Å²) in [7, 11) is 1.94. The van der Waals surface area contributed by atoms with E-state index in [1.165, 1.54) is 25.7 Å². The van der Waals surface area contributed by atoms with Gasteiger partial charge in [-0.1, -0.05) is 6.42 Å². The summed E-state index contributed by atoms with van der Waals surface area (Å²) in [4.78, 5) is 13.6. The van der Waals surface area contributed by atoms with Crippen LogP contribution >= 0.6 is 15.9 Å². The summed E-state index contributed by atoms with van der Waals surface area (Å²) in [6.45, 7) is 0. The van der Waals surface area contributed by atoms with E-state index in [0.717, 1.165) is 28.0 Å². The molecule has 0 unspecified atom stereocenters. The fourth-order valence-electron chi connectivity index (χ4n) is 3.80. The van der Waals surface area contributed by atoms with Crippen LogP contribution in [0.2, 0.25) is 0 Å².